The van der Waals surface area contributed by atoms with Crippen molar-refractivity contribution in [3.63, 3.8) is 0 Å². The van der Waals surface area contributed by atoms with Gasteiger partial charge in [-0.25, -0.2) is 0 Å². The Balaban J connectivity index is 4.21. The van der Waals surface area contributed by atoms with Crippen LogP contribution in [0.25, 0.3) is 0 Å². The number of halogens is 1. The summed E-state index contributed by atoms with van der Waals surface area (Å²) in [6.45, 7) is 12.3. The van der Waals surface area contributed by atoms with Crippen LogP contribution in [0.4, 0.5) is 0 Å². The second kappa shape index (κ2) is 3.94. The van der Waals surface area contributed by atoms with Crippen molar-refractivity contribution in [3.8, 4) is 0 Å². The first-order chi connectivity index (χ1) is 5.13. The maximum absolute atomic E-state index is 5.30. The lowest BCUT2D eigenvalue weighted by Crippen LogP contribution is -2.20. The highest BCUT2D eigenvalue weighted by molar-refractivity contribution is 14.1. The topological polar surface area (TPSA) is 21.6 Å². The molecule has 0 spiro atoms. The van der Waals surface area contributed by atoms with Crippen LogP contribution in [-0.4, -0.2) is 9.32 Å². The largest absolute Gasteiger partial charge is 0.389 e. The molecule has 0 aliphatic carbocycles. The second-order valence-electron chi connectivity index (χ2n) is 4.84. The molecule has 0 aromatic heterocycles. The number of oxime groups is 1. The van der Waals surface area contributed by atoms with Crippen LogP contribution in [0, 0.1) is 5.41 Å². The molecule has 0 aliphatic heterocycles. The van der Waals surface area contributed by atoms with Gasteiger partial charge in [-0.05, 0) is 43.4 Å². The van der Waals surface area contributed by atoms with E-state index in [0.717, 1.165) is 3.72 Å². The third-order valence-electron chi connectivity index (χ3n) is 1.02. The molecule has 0 amide bonds. The number of hydrogen-bond acceptors (Lipinski definition) is 2. The summed E-state index contributed by atoms with van der Waals surface area (Å²) in [4.78, 5) is 5.30. The first kappa shape index (κ1) is 12.2. The molecule has 0 fully saturated rings. The van der Waals surface area contributed by atoms with Crippen LogP contribution in [0.2, 0.25) is 0 Å². The maximum atomic E-state index is 5.30. The fourth-order valence-electron chi connectivity index (χ4n) is 0.314. The molecule has 0 unspecified atom stereocenters. The number of hydrogen-bond donors (Lipinski definition) is 0. The zero-order valence-corrected chi connectivity index (χ0v) is 10.9. The van der Waals surface area contributed by atoms with Gasteiger partial charge >= 0.3 is 0 Å². The van der Waals surface area contributed by atoms with Gasteiger partial charge < -0.3 is 4.84 Å². The van der Waals surface area contributed by atoms with Gasteiger partial charge in [-0.2, -0.15) is 0 Å². The average molecular weight is 283 g/mol. The van der Waals surface area contributed by atoms with Crippen LogP contribution in [0.3, 0.4) is 0 Å². The molecular formula is C9H18INO. The lowest BCUT2D eigenvalue weighted by molar-refractivity contribution is 0.000543. The second-order valence-corrected chi connectivity index (χ2v) is 5.86. The highest BCUT2D eigenvalue weighted by atomic mass is 127. The molecule has 0 radical (unpaired) electrons. The molecule has 0 heterocycles. The van der Waals surface area contributed by atoms with E-state index in [0.29, 0.717) is 0 Å². The monoisotopic (exact) mass is 283 g/mol. The number of rotatable bonds is 1. The van der Waals surface area contributed by atoms with Crippen LogP contribution < -0.4 is 0 Å². The van der Waals surface area contributed by atoms with E-state index in [4.69, 9.17) is 4.84 Å². The van der Waals surface area contributed by atoms with Gasteiger partial charge in [-0.15, -0.1) is 0 Å². The van der Waals surface area contributed by atoms with Gasteiger partial charge in [-0.3, -0.25) is 0 Å². The highest BCUT2D eigenvalue weighted by Gasteiger charge is 2.18. The summed E-state index contributed by atoms with van der Waals surface area (Å²) in [5.74, 6) is 0. The van der Waals surface area contributed by atoms with Crippen molar-refractivity contribution < 1.29 is 4.84 Å². The van der Waals surface area contributed by atoms with Crippen molar-refractivity contribution in [2.75, 3.05) is 0 Å². The summed E-state index contributed by atoms with van der Waals surface area (Å²) in [7, 11) is 0. The van der Waals surface area contributed by atoms with Crippen molar-refractivity contribution in [2.45, 2.75) is 47.1 Å². The minimum absolute atomic E-state index is 0.0891. The molecular weight excluding hydrogens is 265 g/mol. The highest BCUT2D eigenvalue weighted by Crippen LogP contribution is 2.22. The fraction of sp³-hybridized carbons (Fsp3) is 0.889. The van der Waals surface area contributed by atoms with E-state index in [1.165, 1.54) is 0 Å². The van der Waals surface area contributed by atoms with Gasteiger partial charge in [0.1, 0.15) is 9.32 Å². The van der Waals surface area contributed by atoms with Gasteiger partial charge in [0.25, 0.3) is 0 Å². The molecule has 0 aromatic rings. The molecule has 0 N–H and O–H groups in total. The first-order valence-corrected chi connectivity index (χ1v) is 5.13. The van der Waals surface area contributed by atoms with E-state index in [1.54, 1.807) is 0 Å². The minimum atomic E-state index is -0.193. The molecule has 0 aromatic carbocycles. The van der Waals surface area contributed by atoms with Crippen LogP contribution in [-0.2, 0) is 4.84 Å². The van der Waals surface area contributed by atoms with Crippen molar-refractivity contribution in [1.82, 2.24) is 0 Å². The molecule has 2 nitrogen and oxygen atoms in total. The van der Waals surface area contributed by atoms with Gasteiger partial charge in [0.15, 0.2) is 0 Å². The Morgan fingerprint density at radius 2 is 1.50 bits per heavy atom. The van der Waals surface area contributed by atoms with Crippen LogP contribution in [0.5, 0.6) is 0 Å². The summed E-state index contributed by atoms with van der Waals surface area (Å²) in [6.07, 6.45) is 0. The summed E-state index contributed by atoms with van der Waals surface area (Å²) >= 11 is 2.21. The van der Waals surface area contributed by atoms with Gasteiger partial charge in [0, 0.05) is 5.41 Å². The zero-order valence-electron chi connectivity index (χ0n) is 8.73. The quantitative estimate of drug-likeness (QED) is 0.409. The van der Waals surface area contributed by atoms with Crippen LogP contribution in [0.1, 0.15) is 41.5 Å². The van der Waals surface area contributed by atoms with E-state index >= 15 is 0 Å². The Labute approximate surface area is 88.9 Å². The predicted octanol–water partition coefficient (Wildman–Crippen LogP) is 3.60. The Morgan fingerprint density at radius 1 is 1.08 bits per heavy atom. The van der Waals surface area contributed by atoms with Crippen molar-refractivity contribution in [3.05, 3.63) is 0 Å². The zero-order chi connectivity index (χ0) is 9.99. The van der Waals surface area contributed by atoms with Gasteiger partial charge in [0.05, 0.1) is 0 Å². The normalized spacial score (nSPS) is 14.8. The Kier molecular flexibility index (Phi) is 4.00. The molecule has 0 saturated heterocycles. The fourth-order valence-corrected chi connectivity index (χ4v) is 0.412. The average Bonchev–Trinajstić information content (AvgIpc) is 1.78. The van der Waals surface area contributed by atoms with E-state index in [9.17, 15) is 0 Å². The minimum Gasteiger partial charge on any atom is -0.389 e. The summed E-state index contributed by atoms with van der Waals surface area (Å²) in [6, 6.07) is 0. The van der Waals surface area contributed by atoms with Gasteiger partial charge in [-0.1, -0.05) is 25.9 Å². The number of nitrogens with zero attached hydrogens (tertiary/aromatic N) is 1. The Bertz CT molecular complexity index is 174. The van der Waals surface area contributed by atoms with Crippen molar-refractivity contribution in [2.24, 2.45) is 10.6 Å². The summed E-state index contributed by atoms with van der Waals surface area (Å²) in [5.41, 5.74) is -0.104. The predicted molar refractivity (Wildman–Crippen MR) is 61.7 cm³/mol. The summed E-state index contributed by atoms with van der Waals surface area (Å²) < 4.78 is 0.995. The molecule has 0 atom stereocenters. The van der Waals surface area contributed by atoms with E-state index in [1.807, 2.05) is 20.8 Å². The SMILES string of the molecule is CC(C)(C)O/N=C(\I)C(C)(C)C. The van der Waals surface area contributed by atoms with Crippen LogP contribution >= 0.6 is 22.6 Å². The smallest absolute Gasteiger partial charge is 0.129 e. The molecule has 0 saturated carbocycles. The maximum Gasteiger partial charge on any atom is 0.129 e. The van der Waals surface area contributed by atoms with Crippen molar-refractivity contribution in [1.29, 1.82) is 0 Å². The molecule has 3 heteroatoms. The lowest BCUT2D eigenvalue weighted by atomic mass is 9.99. The van der Waals surface area contributed by atoms with E-state index < -0.39 is 0 Å². The molecule has 0 bridgehead atoms. The van der Waals surface area contributed by atoms with Crippen LogP contribution in [0.15, 0.2) is 5.16 Å². The molecule has 0 aliphatic rings. The molecule has 72 valence electrons. The third kappa shape index (κ3) is 5.80. The standard InChI is InChI=1S/C9H18INO/c1-8(2,3)7(10)11-12-9(4,5)6/h1-6H3/b11-7-. The third-order valence-corrected chi connectivity index (χ3v) is 2.83. The first-order valence-electron chi connectivity index (χ1n) is 4.05. The van der Waals surface area contributed by atoms with Crippen molar-refractivity contribution >= 4 is 26.3 Å². The molecule has 0 rings (SSSR count). The Morgan fingerprint density at radius 3 is 1.75 bits per heavy atom. The lowest BCUT2D eigenvalue weighted by Gasteiger charge is -2.20. The summed E-state index contributed by atoms with van der Waals surface area (Å²) in [5, 5.41) is 4.07. The van der Waals surface area contributed by atoms with E-state index in [2.05, 4.69) is 48.5 Å². The van der Waals surface area contributed by atoms with E-state index in [-0.39, 0.29) is 11.0 Å². The molecule has 12 heavy (non-hydrogen) atoms. The Hall–Kier alpha value is 0.200. The van der Waals surface area contributed by atoms with Gasteiger partial charge in [0.2, 0.25) is 0 Å².